The molecule has 1 aromatic carbocycles. The number of aromatic nitrogens is 2. The van der Waals surface area contributed by atoms with E-state index in [1.807, 2.05) is 0 Å². The second-order valence-electron chi connectivity index (χ2n) is 9.24. The van der Waals surface area contributed by atoms with E-state index < -0.39 is 22.9 Å². The van der Waals surface area contributed by atoms with Crippen LogP contribution in [0.25, 0.3) is 0 Å². The number of fused-ring (bicyclic) bond motifs is 1. The molecule has 1 amide bonds. The summed E-state index contributed by atoms with van der Waals surface area (Å²) in [6.45, 7) is 5.75. The maximum atomic E-state index is 12.9. The van der Waals surface area contributed by atoms with Crippen molar-refractivity contribution in [2.24, 2.45) is 0 Å². The van der Waals surface area contributed by atoms with Gasteiger partial charge in [-0.2, -0.15) is 4.98 Å². The van der Waals surface area contributed by atoms with Gasteiger partial charge in [-0.15, -0.1) is 0 Å². The van der Waals surface area contributed by atoms with Crippen LogP contribution in [0.15, 0.2) is 23.0 Å². The second-order valence-corrected chi connectivity index (χ2v) is 9.24. The van der Waals surface area contributed by atoms with Crippen LogP contribution in [0.2, 0.25) is 0 Å². The highest BCUT2D eigenvalue weighted by molar-refractivity contribution is 5.96. The van der Waals surface area contributed by atoms with Gasteiger partial charge >= 0.3 is 5.56 Å². The molecule has 1 aromatic heterocycles. The molecule has 1 atom stereocenters. The zero-order chi connectivity index (χ0) is 21.8. The predicted molar refractivity (Wildman–Crippen MR) is 113 cm³/mol. The van der Waals surface area contributed by atoms with Crippen LogP contribution < -0.4 is 5.56 Å². The van der Waals surface area contributed by atoms with Crippen LogP contribution in [0.4, 0.5) is 0 Å². The lowest BCUT2D eigenvalue weighted by Gasteiger charge is -2.41. The number of carbonyl (C=O) groups excluding carboxylic acids is 1. The number of amides is 1. The number of aryl methyl sites for hydroxylation is 2. The Labute approximate surface area is 176 Å². The summed E-state index contributed by atoms with van der Waals surface area (Å²) < 4.78 is 1.54. The standard InChI is InChI=1S/C23H29N3O4/c1-14-9-15(2)11-16(10-14)23(7-5-6-8-23)12-17-24-20(28)19(27)18-21(29)25(4)22(3,30)13-26(17)18/h9-11,27,30H,5-8,12-13H2,1-4H3. The highest BCUT2D eigenvalue weighted by Gasteiger charge is 2.43. The Morgan fingerprint density at radius 1 is 1.10 bits per heavy atom. The molecule has 0 bridgehead atoms. The van der Waals surface area contributed by atoms with Crippen LogP contribution in [0.5, 0.6) is 5.75 Å². The fourth-order valence-corrected chi connectivity index (χ4v) is 5.10. The monoisotopic (exact) mass is 411 g/mol. The van der Waals surface area contributed by atoms with E-state index in [0.717, 1.165) is 30.6 Å². The Balaban J connectivity index is 1.88. The summed E-state index contributed by atoms with van der Waals surface area (Å²) in [7, 11) is 1.46. The third-order valence-electron chi connectivity index (χ3n) is 6.82. The van der Waals surface area contributed by atoms with Crippen molar-refractivity contribution in [3.63, 3.8) is 0 Å². The smallest absolute Gasteiger partial charge is 0.315 e. The van der Waals surface area contributed by atoms with Gasteiger partial charge in [-0.05, 0) is 39.2 Å². The zero-order valence-corrected chi connectivity index (χ0v) is 18.0. The highest BCUT2D eigenvalue weighted by Crippen LogP contribution is 2.44. The molecular weight excluding hydrogens is 382 g/mol. The molecule has 2 aromatic rings. The molecular formula is C23H29N3O4. The molecule has 1 aliphatic heterocycles. The lowest BCUT2D eigenvalue weighted by molar-refractivity contribution is -0.0830. The molecule has 7 nitrogen and oxygen atoms in total. The minimum atomic E-state index is -1.44. The van der Waals surface area contributed by atoms with E-state index in [1.54, 1.807) is 11.5 Å². The number of rotatable bonds is 3. The molecule has 4 rings (SSSR count). The number of aliphatic hydroxyl groups is 1. The van der Waals surface area contributed by atoms with Crippen molar-refractivity contribution in [1.29, 1.82) is 0 Å². The molecule has 2 heterocycles. The Morgan fingerprint density at radius 2 is 1.70 bits per heavy atom. The van der Waals surface area contributed by atoms with E-state index in [4.69, 9.17) is 0 Å². The fraction of sp³-hybridized carbons (Fsp3) is 0.522. The van der Waals surface area contributed by atoms with Gasteiger partial charge < -0.3 is 19.7 Å². The first kappa shape index (κ1) is 20.6. The molecule has 1 aliphatic carbocycles. The maximum absolute atomic E-state index is 12.9. The Hall–Kier alpha value is -2.67. The average Bonchev–Trinajstić information content (AvgIpc) is 3.13. The van der Waals surface area contributed by atoms with E-state index in [1.165, 1.54) is 23.7 Å². The quantitative estimate of drug-likeness (QED) is 0.809. The molecule has 1 fully saturated rings. The average molecular weight is 412 g/mol. The molecule has 0 radical (unpaired) electrons. The first-order valence-electron chi connectivity index (χ1n) is 10.5. The Kier molecular flexibility index (Phi) is 4.77. The summed E-state index contributed by atoms with van der Waals surface area (Å²) in [5.74, 6) is -0.801. The molecule has 1 saturated carbocycles. The number of carbonyl (C=O) groups is 1. The first-order valence-corrected chi connectivity index (χ1v) is 10.5. The lowest BCUT2D eigenvalue weighted by Crippen LogP contribution is -2.56. The number of aromatic hydroxyl groups is 1. The molecule has 30 heavy (non-hydrogen) atoms. The first-order chi connectivity index (χ1) is 14.0. The molecule has 2 N–H and O–H groups in total. The number of nitrogens with zero attached hydrogens (tertiary/aromatic N) is 3. The lowest BCUT2D eigenvalue weighted by atomic mass is 9.75. The van der Waals surface area contributed by atoms with Gasteiger partial charge in [0.1, 0.15) is 5.82 Å². The van der Waals surface area contributed by atoms with E-state index in [9.17, 15) is 19.8 Å². The van der Waals surface area contributed by atoms with Crippen molar-refractivity contribution in [2.45, 2.75) is 70.6 Å². The van der Waals surface area contributed by atoms with Crippen LogP contribution in [-0.4, -0.2) is 43.3 Å². The Morgan fingerprint density at radius 3 is 2.30 bits per heavy atom. The summed E-state index contributed by atoms with van der Waals surface area (Å²) in [6, 6.07) is 6.54. The minimum Gasteiger partial charge on any atom is -0.501 e. The molecule has 2 aliphatic rings. The molecule has 160 valence electrons. The SMILES string of the molecule is Cc1cc(C)cc(C2(Cc3nc(=O)c(O)c4n3CC(C)(O)N(C)C4=O)CCCC2)c1. The van der Waals surface area contributed by atoms with Crippen molar-refractivity contribution in [3.8, 4) is 5.75 Å². The number of benzene rings is 1. The summed E-state index contributed by atoms with van der Waals surface area (Å²) in [6.07, 6.45) is 4.58. The van der Waals surface area contributed by atoms with Gasteiger partial charge in [0.2, 0.25) is 5.75 Å². The summed E-state index contributed by atoms with van der Waals surface area (Å²) in [4.78, 5) is 30.6. The van der Waals surface area contributed by atoms with Gasteiger partial charge in [0.25, 0.3) is 5.91 Å². The van der Waals surface area contributed by atoms with Crippen LogP contribution in [0.3, 0.4) is 0 Å². The maximum Gasteiger partial charge on any atom is 0.315 e. The summed E-state index contributed by atoms with van der Waals surface area (Å²) in [5, 5.41) is 21.1. The largest absolute Gasteiger partial charge is 0.501 e. The van der Waals surface area contributed by atoms with Crippen molar-refractivity contribution >= 4 is 5.91 Å². The molecule has 1 unspecified atom stereocenters. The van der Waals surface area contributed by atoms with E-state index >= 15 is 0 Å². The third-order valence-corrected chi connectivity index (χ3v) is 6.82. The highest BCUT2D eigenvalue weighted by atomic mass is 16.3. The minimum absolute atomic E-state index is 0.0453. The van der Waals surface area contributed by atoms with Crippen LogP contribution in [-0.2, 0) is 18.4 Å². The second kappa shape index (κ2) is 6.94. The Bertz CT molecular complexity index is 1060. The van der Waals surface area contributed by atoms with E-state index in [0.29, 0.717) is 12.2 Å². The normalized spacial score (nSPS) is 23.0. The van der Waals surface area contributed by atoms with Crippen molar-refractivity contribution in [2.75, 3.05) is 7.05 Å². The van der Waals surface area contributed by atoms with E-state index in [2.05, 4.69) is 37.0 Å². The topological polar surface area (TPSA) is 95.7 Å². The number of hydrogen-bond donors (Lipinski definition) is 2. The van der Waals surface area contributed by atoms with Gasteiger partial charge in [0.05, 0.1) is 6.54 Å². The summed E-state index contributed by atoms with van der Waals surface area (Å²) >= 11 is 0. The predicted octanol–water partition coefficient (Wildman–Crippen LogP) is 2.41. The van der Waals surface area contributed by atoms with Crippen LogP contribution in [0, 0.1) is 13.8 Å². The van der Waals surface area contributed by atoms with Gasteiger partial charge in [-0.25, -0.2) is 0 Å². The molecule has 0 saturated heterocycles. The van der Waals surface area contributed by atoms with Crippen molar-refractivity contribution in [3.05, 3.63) is 56.8 Å². The zero-order valence-electron chi connectivity index (χ0n) is 18.0. The number of likely N-dealkylation sites (N-methyl/N-ethyl adjacent to an activating group) is 1. The van der Waals surface area contributed by atoms with Gasteiger partial charge in [-0.3, -0.25) is 9.59 Å². The van der Waals surface area contributed by atoms with Gasteiger partial charge in [-0.1, -0.05) is 42.2 Å². The molecule has 0 spiro atoms. The van der Waals surface area contributed by atoms with E-state index in [-0.39, 0.29) is 17.7 Å². The van der Waals surface area contributed by atoms with Crippen molar-refractivity contribution < 1.29 is 15.0 Å². The molecule has 7 heteroatoms. The summed E-state index contributed by atoms with van der Waals surface area (Å²) in [5.41, 5.74) is 1.08. The van der Waals surface area contributed by atoms with Gasteiger partial charge in [0, 0.05) is 18.9 Å². The van der Waals surface area contributed by atoms with Crippen LogP contribution >= 0.6 is 0 Å². The fourth-order valence-electron chi connectivity index (χ4n) is 5.10. The third kappa shape index (κ3) is 3.21. The van der Waals surface area contributed by atoms with Crippen LogP contribution in [0.1, 0.15) is 65.6 Å². The van der Waals surface area contributed by atoms with Crippen molar-refractivity contribution in [1.82, 2.24) is 14.5 Å². The van der Waals surface area contributed by atoms with Gasteiger partial charge in [0.15, 0.2) is 11.4 Å². The number of hydrogen-bond acceptors (Lipinski definition) is 5.